The first-order valence-corrected chi connectivity index (χ1v) is 10.1. The van der Waals surface area contributed by atoms with Crippen LogP contribution >= 0.6 is 0 Å². The predicted molar refractivity (Wildman–Crippen MR) is 95.1 cm³/mol. The zero-order valence-electron chi connectivity index (χ0n) is 14.0. The van der Waals surface area contributed by atoms with Gasteiger partial charge in [0.05, 0.1) is 9.79 Å². The van der Waals surface area contributed by atoms with Gasteiger partial charge >= 0.3 is 0 Å². The Hall–Kier alpha value is -1.92. The van der Waals surface area contributed by atoms with Crippen molar-refractivity contribution in [1.29, 1.82) is 0 Å². The van der Waals surface area contributed by atoms with Crippen LogP contribution in [-0.2, 0) is 9.84 Å². The summed E-state index contributed by atoms with van der Waals surface area (Å²) in [5, 5.41) is 6.97. The van der Waals surface area contributed by atoms with Crippen molar-refractivity contribution in [3.8, 4) is 0 Å². The van der Waals surface area contributed by atoms with Crippen molar-refractivity contribution in [3.05, 3.63) is 53.8 Å². The Morgan fingerprint density at radius 3 is 2.72 bits per heavy atom. The van der Waals surface area contributed by atoms with Gasteiger partial charge < -0.3 is 10.6 Å². The van der Waals surface area contributed by atoms with Crippen molar-refractivity contribution < 1.29 is 12.8 Å². The van der Waals surface area contributed by atoms with Crippen molar-refractivity contribution in [2.24, 2.45) is 5.92 Å². The molecule has 2 aliphatic heterocycles. The molecule has 2 unspecified atom stereocenters. The van der Waals surface area contributed by atoms with Crippen LogP contribution in [-0.4, -0.2) is 27.5 Å². The second kappa shape index (κ2) is 6.11. The fraction of sp³-hybridized carbons (Fsp3) is 0.368. The first-order chi connectivity index (χ1) is 12.0. The molecule has 2 aromatic rings. The van der Waals surface area contributed by atoms with Crippen molar-refractivity contribution in [1.82, 2.24) is 5.32 Å². The minimum absolute atomic E-state index is 0.00876. The van der Waals surface area contributed by atoms with Gasteiger partial charge in [0.15, 0.2) is 0 Å². The number of nitrogens with one attached hydrogen (secondary N) is 2. The highest BCUT2D eigenvalue weighted by Gasteiger charge is 2.37. The van der Waals surface area contributed by atoms with Crippen LogP contribution in [0.2, 0.25) is 0 Å². The number of benzene rings is 2. The van der Waals surface area contributed by atoms with E-state index in [0.29, 0.717) is 12.0 Å². The second-order valence-electron chi connectivity index (χ2n) is 6.96. The number of hydrogen-bond donors (Lipinski definition) is 2. The second-order valence-corrected chi connectivity index (χ2v) is 8.91. The molecule has 6 heteroatoms. The lowest BCUT2D eigenvalue weighted by atomic mass is 9.84. The molecule has 132 valence electrons. The highest BCUT2D eigenvalue weighted by Crippen LogP contribution is 2.43. The molecule has 0 aliphatic carbocycles. The number of halogens is 1. The smallest absolute Gasteiger partial charge is 0.206 e. The summed E-state index contributed by atoms with van der Waals surface area (Å²) in [5.74, 6) is 0.147. The lowest BCUT2D eigenvalue weighted by Gasteiger charge is -2.22. The van der Waals surface area contributed by atoms with Gasteiger partial charge in [0.1, 0.15) is 5.82 Å². The third-order valence-corrected chi connectivity index (χ3v) is 7.03. The lowest BCUT2D eigenvalue weighted by molar-refractivity contribution is 0.443. The quantitative estimate of drug-likeness (QED) is 0.864. The van der Waals surface area contributed by atoms with Gasteiger partial charge in [0.2, 0.25) is 9.84 Å². The monoisotopic (exact) mass is 360 g/mol. The maximum Gasteiger partial charge on any atom is 0.206 e. The molecular formula is C19H21FN2O2S. The van der Waals surface area contributed by atoms with Gasteiger partial charge in [-0.05, 0) is 67.4 Å². The third-order valence-electron chi connectivity index (χ3n) is 5.28. The normalized spacial score (nSPS) is 25.6. The van der Waals surface area contributed by atoms with Gasteiger partial charge in [0, 0.05) is 17.6 Å². The Bertz CT molecular complexity index is 913. The van der Waals surface area contributed by atoms with E-state index >= 15 is 0 Å². The van der Waals surface area contributed by atoms with E-state index < -0.39 is 15.7 Å². The minimum Gasteiger partial charge on any atom is -0.381 e. The summed E-state index contributed by atoms with van der Waals surface area (Å²) in [4.78, 5) is 0.217. The molecule has 2 N–H and O–H groups in total. The molecule has 1 saturated heterocycles. The fourth-order valence-electron chi connectivity index (χ4n) is 4.06. The first-order valence-electron chi connectivity index (χ1n) is 8.58. The van der Waals surface area contributed by atoms with Crippen molar-refractivity contribution in [3.63, 3.8) is 0 Å². The maximum absolute atomic E-state index is 13.5. The largest absolute Gasteiger partial charge is 0.381 e. The van der Waals surface area contributed by atoms with Gasteiger partial charge in [-0.2, -0.15) is 0 Å². The zero-order chi connectivity index (χ0) is 17.6. The molecule has 2 heterocycles. The molecule has 0 bridgehead atoms. The average molecular weight is 360 g/mol. The van der Waals surface area contributed by atoms with E-state index in [1.54, 1.807) is 12.1 Å². The number of anilines is 1. The highest BCUT2D eigenvalue weighted by molar-refractivity contribution is 7.91. The molecule has 0 spiro atoms. The minimum atomic E-state index is -3.73. The van der Waals surface area contributed by atoms with Crippen LogP contribution < -0.4 is 10.6 Å². The average Bonchev–Trinajstić information content (AvgIpc) is 2.86. The SMILES string of the molecule is CC1CNCCC2Nc3ccc(S(=O)(=O)c4cccc(F)c4)cc3[C@H]12. The van der Waals surface area contributed by atoms with E-state index in [4.69, 9.17) is 0 Å². The summed E-state index contributed by atoms with van der Waals surface area (Å²) < 4.78 is 39.3. The lowest BCUT2D eigenvalue weighted by Crippen LogP contribution is -2.25. The molecule has 0 radical (unpaired) electrons. The maximum atomic E-state index is 13.5. The van der Waals surface area contributed by atoms with Crippen LogP contribution in [0.4, 0.5) is 10.1 Å². The van der Waals surface area contributed by atoms with Gasteiger partial charge in [-0.1, -0.05) is 13.0 Å². The Kier molecular flexibility index (Phi) is 4.04. The van der Waals surface area contributed by atoms with Crippen LogP contribution in [0.1, 0.15) is 24.8 Å². The summed E-state index contributed by atoms with van der Waals surface area (Å²) >= 11 is 0. The summed E-state index contributed by atoms with van der Waals surface area (Å²) in [7, 11) is -3.73. The molecule has 2 aromatic carbocycles. The van der Waals surface area contributed by atoms with Gasteiger partial charge in [-0.15, -0.1) is 0 Å². The molecule has 0 aromatic heterocycles. The van der Waals surface area contributed by atoms with E-state index in [1.807, 2.05) is 6.07 Å². The van der Waals surface area contributed by atoms with Gasteiger partial charge in [-0.25, -0.2) is 12.8 Å². The number of fused-ring (bicyclic) bond motifs is 3. The summed E-state index contributed by atoms with van der Waals surface area (Å²) in [6.07, 6.45) is 1.01. The number of sulfone groups is 1. The summed E-state index contributed by atoms with van der Waals surface area (Å²) in [5.41, 5.74) is 2.07. The Balaban J connectivity index is 1.77. The van der Waals surface area contributed by atoms with E-state index in [0.717, 1.165) is 36.8 Å². The predicted octanol–water partition coefficient (Wildman–Crippen LogP) is 3.17. The van der Waals surface area contributed by atoms with E-state index in [9.17, 15) is 12.8 Å². The molecule has 4 rings (SSSR count). The van der Waals surface area contributed by atoms with Crippen LogP contribution in [0.5, 0.6) is 0 Å². The molecular weight excluding hydrogens is 339 g/mol. The zero-order valence-corrected chi connectivity index (χ0v) is 14.8. The Morgan fingerprint density at radius 2 is 1.92 bits per heavy atom. The van der Waals surface area contributed by atoms with Crippen molar-refractivity contribution >= 4 is 15.5 Å². The molecule has 25 heavy (non-hydrogen) atoms. The molecule has 0 amide bonds. The van der Waals surface area contributed by atoms with Gasteiger partial charge in [0.25, 0.3) is 0 Å². The van der Waals surface area contributed by atoms with E-state index in [2.05, 4.69) is 17.6 Å². The van der Waals surface area contributed by atoms with Crippen LogP contribution in [0.15, 0.2) is 52.3 Å². The van der Waals surface area contributed by atoms with Crippen molar-refractivity contribution in [2.75, 3.05) is 18.4 Å². The number of hydrogen-bond acceptors (Lipinski definition) is 4. The van der Waals surface area contributed by atoms with Crippen molar-refractivity contribution in [2.45, 2.75) is 35.1 Å². The molecule has 0 saturated carbocycles. The third kappa shape index (κ3) is 2.83. The van der Waals surface area contributed by atoms with E-state index in [-0.39, 0.29) is 15.7 Å². The van der Waals surface area contributed by atoms with Crippen LogP contribution in [0.25, 0.3) is 0 Å². The van der Waals surface area contributed by atoms with Crippen LogP contribution in [0, 0.1) is 11.7 Å². The summed E-state index contributed by atoms with van der Waals surface area (Å²) in [6.45, 7) is 4.07. The number of rotatable bonds is 2. The van der Waals surface area contributed by atoms with Gasteiger partial charge in [-0.3, -0.25) is 0 Å². The fourth-order valence-corrected chi connectivity index (χ4v) is 5.39. The molecule has 1 fully saturated rings. The topological polar surface area (TPSA) is 58.2 Å². The molecule has 2 aliphatic rings. The van der Waals surface area contributed by atoms with E-state index in [1.165, 1.54) is 18.2 Å². The Labute approximate surface area is 147 Å². The highest BCUT2D eigenvalue weighted by atomic mass is 32.2. The first kappa shape index (κ1) is 16.5. The standard InChI is InChI=1S/C19H21FN2O2S/c1-12-11-21-8-7-18-19(12)16-10-15(5-6-17(16)22-18)25(23,24)14-4-2-3-13(20)9-14/h2-6,9-10,12,18-19,21-22H,7-8,11H2,1H3/t12?,18?,19-/m0/s1. The molecule has 3 atom stereocenters. The molecule has 4 nitrogen and oxygen atoms in total. The summed E-state index contributed by atoms with van der Waals surface area (Å²) in [6, 6.07) is 10.7. The Morgan fingerprint density at radius 1 is 1.12 bits per heavy atom. The van der Waals surface area contributed by atoms with Crippen LogP contribution in [0.3, 0.4) is 0 Å².